The van der Waals surface area contributed by atoms with E-state index in [2.05, 4.69) is 47.8 Å². The maximum atomic E-state index is 5.61. The third-order valence-corrected chi connectivity index (χ3v) is 5.02. The quantitative estimate of drug-likeness (QED) is 0.293. The van der Waals surface area contributed by atoms with Crippen LogP contribution in [0.1, 0.15) is 19.3 Å². The van der Waals surface area contributed by atoms with Gasteiger partial charge in [-0.15, -0.1) is 11.3 Å². The molecule has 0 aromatic carbocycles. The van der Waals surface area contributed by atoms with Gasteiger partial charge in [0.15, 0.2) is 0 Å². The van der Waals surface area contributed by atoms with Crippen LogP contribution in [0, 0.1) is 0 Å². The zero-order valence-electron chi connectivity index (χ0n) is 11.2. The fourth-order valence-electron chi connectivity index (χ4n) is 1.48. The molecule has 1 rings (SSSR count). The van der Waals surface area contributed by atoms with Crippen molar-refractivity contribution in [2.45, 2.75) is 19.3 Å². The molecular weight excluding hydrogens is 476 g/mol. The number of alkyl halides is 1. The van der Waals surface area contributed by atoms with Crippen LogP contribution in [-0.4, -0.2) is 38.4 Å². The van der Waals surface area contributed by atoms with Crippen LogP contribution < -0.4 is 4.74 Å². The molecule has 20 heavy (non-hydrogen) atoms. The third-order valence-electron chi connectivity index (χ3n) is 2.41. The number of hydrogen-bond acceptors (Lipinski definition) is 4. The maximum Gasteiger partial charge on any atom is 0.145 e. The van der Waals surface area contributed by atoms with Crippen LogP contribution in [-0.2, 0) is 9.47 Å². The number of rotatable bonds is 12. The van der Waals surface area contributed by atoms with Gasteiger partial charge >= 0.3 is 0 Å². The number of halogens is 3. The summed E-state index contributed by atoms with van der Waals surface area (Å²) < 4.78 is 18.6. The smallest absolute Gasteiger partial charge is 0.145 e. The molecule has 0 spiro atoms. The minimum atomic E-state index is 0.579. The fraction of sp³-hybridized carbons (Fsp3) is 0.692. The molecule has 0 unspecified atom stereocenters. The predicted octanol–water partition coefficient (Wildman–Crippen LogP) is 5.25. The molecule has 0 atom stereocenters. The van der Waals surface area contributed by atoms with E-state index in [1.807, 2.05) is 6.07 Å². The number of thiophene rings is 1. The van der Waals surface area contributed by atoms with Gasteiger partial charge in [0.25, 0.3) is 0 Å². The Labute approximate surface area is 149 Å². The van der Waals surface area contributed by atoms with Gasteiger partial charge in [0.1, 0.15) is 16.1 Å². The van der Waals surface area contributed by atoms with E-state index in [1.54, 1.807) is 11.3 Å². The molecule has 116 valence electrons. The fourth-order valence-corrected chi connectivity index (χ4v) is 4.36. The van der Waals surface area contributed by atoms with Crippen molar-refractivity contribution in [3.05, 3.63) is 13.6 Å². The van der Waals surface area contributed by atoms with Crippen molar-refractivity contribution < 1.29 is 14.2 Å². The molecule has 1 heterocycles. The summed E-state index contributed by atoms with van der Waals surface area (Å²) in [5.74, 6) is 0.870. The highest BCUT2D eigenvalue weighted by atomic mass is 79.9. The van der Waals surface area contributed by atoms with Gasteiger partial charge in [-0.1, -0.05) is 15.9 Å². The van der Waals surface area contributed by atoms with Gasteiger partial charge in [-0.25, -0.2) is 0 Å². The Morgan fingerprint density at radius 3 is 2.20 bits per heavy atom. The Bertz CT molecular complexity index is 361. The third kappa shape index (κ3) is 9.00. The van der Waals surface area contributed by atoms with E-state index in [9.17, 15) is 0 Å². The van der Waals surface area contributed by atoms with Crippen LogP contribution in [0.5, 0.6) is 5.75 Å². The minimum absolute atomic E-state index is 0.579. The first-order valence-corrected chi connectivity index (χ1v) is 10.1. The minimum Gasteiger partial charge on any atom is -0.489 e. The van der Waals surface area contributed by atoms with E-state index < -0.39 is 0 Å². The second-order valence-electron chi connectivity index (χ2n) is 4.01. The van der Waals surface area contributed by atoms with E-state index in [1.165, 1.54) is 0 Å². The summed E-state index contributed by atoms with van der Waals surface area (Å²) in [6.45, 7) is 3.63. The molecule has 0 aliphatic carbocycles. The van der Waals surface area contributed by atoms with E-state index in [0.29, 0.717) is 13.2 Å². The SMILES string of the molecule is BrCCOCCCCCOCCOc1cc(Br)sc1Br. The summed E-state index contributed by atoms with van der Waals surface area (Å²) in [6.07, 6.45) is 3.32. The van der Waals surface area contributed by atoms with Crippen LogP contribution in [0.2, 0.25) is 0 Å². The van der Waals surface area contributed by atoms with Crippen molar-refractivity contribution in [3.63, 3.8) is 0 Å². The Kier molecular flexibility index (Phi) is 11.7. The number of hydrogen-bond donors (Lipinski definition) is 0. The summed E-state index contributed by atoms with van der Waals surface area (Å²) in [5, 5.41) is 0.910. The van der Waals surface area contributed by atoms with Gasteiger partial charge in [-0.3, -0.25) is 0 Å². The standard InChI is InChI=1S/C13H19Br3O3S/c14-4-7-17-5-2-1-3-6-18-8-9-19-11-10-12(15)20-13(11)16/h10H,1-9H2. The summed E-state index contributed by atoms with van der Waals surface area (Å²) in [7, 11) is 0. The Morgan fingerprint density at radius 1 is 0.900 bits per heavy atom. The molecular formula is C13H19Br3O3S. The molecule has 0 radical (unpaired) electrons. The molecule has 0 amide bonds. The average Bonchev–Trinajstić information content (AvgIpc) is 2.74. The topological polar surface area (TPSA) is 27.7 Å². The van der Waals surface area contributed by atoms with Gasteiger partial charge in [-0.05, 0) is 51.1 Å². The largest absolute Gasteiger partial charge is 0.489 e. The normalized spacial score (nSPS) is 10.9. The molecule has 1 aromatic heterocycles. The van der Waals surface area contributed by atoms with Crippen molar-refractivity contribution in [1.82, 2.24) is 0 Å². The lowest BCUT2D eigenvalue weighted by atomic mass is 10.2. The van der Waals surface area contributed by atoms with Crippen molar-refractivity contribution in [1.29, 1.82) is 0 Å². The van der Waals surface area contributed by atoms with Crippen LogP contribution in [0.3, 0.4) is 0 Å². The molecule has 3 nitrogen and oxygen atoms in total. The highest BCUT2D eigenvalue weighted by molar-refractivity contribution is 9.12. The molecule has 0 saturated carbocycles. The number of ether oxygens (including phenoxy) is 3. The maximum absolute atomic E-state index is 5.61. The van der Waals surface area contributed by atoms with Crippen molar-refractivity contribution in [2.24, 2.45) is 0 Å². The molecule has 0 fully saturated rings. The summed E-state index contributed by atoms with van der Waals surface area (Å²) in [5.41, 5.74) is 0. The highest BCUT2D eigenvalue weighted by Crippen LogP contribution is 2.37. The first kappa shape index (κ1) is 18.9. The van der Waals surface area contributed by atoms with Crippen molar-refractivity contribution >= 4 is 59.1 Å². The first-order valence-electron chi connectivity index (χ1n) is 6.53. The van der Waals surface area contributed by atoms with E-state index in [4.69, 9.17) is 14.2 Å². The van der Waals surface area contributed by atoms with Crippen LogP contribution >= 0.6 is 59.1 Å². The molecule has 0 N–H and O–H groups in total. The molecule has 7 heteroatoms. The van der Waals surface area contributed by atoms with Gasteiger partial charge in [0, 0.05) is 24.6 Å². The molecule has 0 aliphatic heterocycles. The predicted molar refractivity (Wildman–Crippen MR) is 94.5 cm³/mol. The molecule has 0 saturated heterocycles. The Hall–Kier alpha value is 0.860. The Morgan fingerprint density at radius 2 is 1.60 bits per heavy atom. The van der Waals surface area contributed by atoms with Crippen LogP contribution in [0.25, 0.3) is 0 Å². The van der Waals surface area contributed by atoms with E-state index in [-0.39, 0.29) is 0 Å². The first-order chi connectivity index (χ1) is 9.74. The van der Waals surface area contributed by atoms with Crippen molar-refractivity contribution in [2.75, 3.05) is 38.4 Å². The second-order valence-corrected chi connectivity index (χ2v) is 8.55. The lowest BCUT2D eigenvalue weighted by Gasteiger charge is -2.06. The van der Waals surface area contributed by atoms with Gasteiger partial charge < -0.3 is 14.2 Å². The van der Waals surface area contributed by atoms with Crippen molar-refractivity contribution in [3.8, 4) is 5.75 Å². The van der Waals surface area contributed by atoms with Crippen LogP contribution in [0.15, 0.2) is 13.6 Å². The lowest BCUT2D eigenvalue weighted by Crippen LogP contribution is -2.07. The van der Waals surface area contributed by atoms with Gasteiger partial charge in [0.05, 0.1) is 17.0 Å². The zero-order valence-corrected chi connectivity index (χ0v) is 16.8. The average molecular weight is 495 g/mol. The highest BCUT2D eigenvalue weighted by Gasteiger charge is 2.05. The summed E-state index contributed by atoms with van der Waals surface area (Å²) in [4.78, 5) is 0. The summed E-state index contributed by atoms with van der Waals surface area (Å²) in [6, 6.07) is 1.96. The lowest BCUT2D eigenvalue weighted by molar-refractivity contribution is 0.0938. The molecule has 0 aliphatic rings. The molecule has 0 bridgehead atoms. The van der Waals surface area contributed by atoms with Gasteiger partial charge in [0.2, 0.25) is 0 Å². The Balaban J connectivity index is 1.86. The van der Waals surface area contributed by atoms with Gasteiger partial charge in [-0.2, -0.15) is 0 Å². The number of unbranched alkanes of at least 4 members (excludes halogenated alkanes) is 2. The summed E-state index contributed by atoms with van der Waals surface area (Å²) >= 11 is 11.8. The van der Waals surface area contributed by atoms with E-state index >= 15 is 0 Å². The van der Waals surface area contributed by atoms with E-state index in [0.717, 1.165) is 57.7 Å². The zero-order chi connectivity index (χ0) is 14.6. The van der Waals surface area contributed by atoms with Crippen LogP contribution in [0.4, 0.5) is 0 Å². The second kappa shape index (κ2) is 12.4. The monoisotopic (exact) mass is 492 g/mol. The molecule has 1 aromatic rings.